The van der Waals surface area contributed by atoms with Crippen LogP contribution in [0.25, 0.3) is 0 Å². The van der Waals surface area contributed by atoms with Crippen LogP contribution in [-0.4, -0.2) is 5.25 Å². The van der Waals surface area contributed by atoms with E-state index in [0.29, 0.717) is 0 Å². The Labute approximate surface area is 79.4 Å². The molecule has 0 heterocycles. The van der Waals surface area contributed by atoms with Crippen molar-refractivity contribution in [3.63, 3.8) is 0 Å². The highest BCUT2D eigenvalue weighted by atomic mass is 32.2. The molecule has 0 spiro atoms. The van der Waals surface area contributed by atoms with Gasteiger partial charge in [-0.05, 0) is 12.0 Å². The number of thioether (sulfide) groups is 1. The topological polar surface area (TPSA) is 0 Å². The Balaban J connectivity index is 2.33. The van der Waals surface area contributed by atoms with Crippen molar-refractivity contribution >= 4 is 11.8 Å². The molecule has 12 heavy (non-hydrogen) atoms. The first-order valence-corrected chi connectivity index (χ1v) is 5.53. The van der Waals surface area contributed by atoms with E-state index >= 15 is 0 Å². The van der Waals surface area contributed by atoms with Crippen molar-refractivity contribution in [1.29, 1.82) is 0 Å². The Morgan fingerprint density at radius 1 is 1.25 bits per heavy atom. The van der Waals surface area contributed by atoms with Crippen molar-refractivity contribution in [1.82, 2.24) is 0 Å². The van der Waals surface area contributed by atoms with Gasteiger partial charge in [0.2, 0.25) is 0 Å². The zero-order valence-corrected chi connectivity index (χ0v) is 8.60. The number of hydrogen-bond donors (Lipinski definition) is 0. The number of hydrogen-bond acceptors (Lipinski definition) is 1. The van der Waals surface area contributed by atoms with Crippen LogP contribution < -0.4 is 0 Å². The highest BCUT2D eigenvalue weighted by molar-refractivity contribution is 7.99. The van der Waals surface area contributed by atoms with Crippen LogP contribution in [0.5, 0.6) is 0 Å². The molecule has 1 atom stereocenters. The van der Waals surface area contributed by atoms with Gasteiger partial charge in [-0.25, -0.2) is 0 Å². The SMILES string of the molecule is CC[C@H](C)SCc1ccccc1. The molecule has 0 N–H and O–H groups in total. The minimum atomic E-state index is 0.783. The molecule has 1 aromatic rings. The summed E-state index contributed by atoms with van der Waals surface area (Å²) in [6, 6.07) is 10.7. The largest absolute Gasteiger partial charge is 0.154 e. The first kappa shape index (κ1) is 9.66. The summed E-state index contributed by atoms with van der Waals surface area (Å²) in [6.07, 6.45) is 1.26. The standard InChI is InChI=1S/C11H16S/c1-3-10(2)12-9-11-7-5-4-6-8-11/h4-8,10H,3,9H2,1-2H3/t10-/m0/s1. The average Bonchev–Trinajstić information content (AvgIpc) is 2.16. The summed E-state index contributed by atoms with van der Waals surface area (Å²) in [5, 5.41) is 0.783. The molecule has 0 radical (unpaired) electrons. The summed E-state index contributed by atoms with van der Waals surface area (Å²) < 4.78 is 0. The van der Waals surface area contributed by atoms with Crippen molar-refractivity contribution in [3.05, 3.63) is 35.9 Å². The smallest absolute Gasteiger partial charge is 0.0187 e. The van der Waals surface area contributed by atoms with Crippen molar-refractivity contribution in [2.75, 3.05) is 0 Å². The third-order valence-corrected chi connectivity index (χ3v) is 3.35. The molecule has 1 rings (SSSR count). The fourth-order valence-electron chi connectivity index (χ4n) is 0.931. The van der Waals surface area contributed by atoms with Gasteiger partial charge in [0.1, 0.15) is 0 Å². The fourth-order valence-corrected chi connectivity index (χ4v) is 1.84. The van der Waals surface area contributed by atoms with E-state index < -0.39 is 0 Å². The van der Waals surface area contributed by atoms with Gasteiger partial charge in [-0.15, -0.1) is 0 Å². The van der Waals surface area contributed by atoms with Gasteiger partial charge in [0, 0.05) is 11.0 Å². The molecule has 1 heteroatoms. The lowest BCUT2D eigenvalue weighted by Gasteiger charge is -2.07. The Hall–Kier alpha value is -0.430. The van der Waals surface area contributed by atoms with E-state index in [2.05, 4.69) is 44.2 Å². The molecule has 0 bridgehead atoms. The highest BCUT2D eigenvalue weighted by Crippen LogP contribution is 2.18. The number of rotatable bonds is 4. The van der Waals surface area contributed by atoms with Gasteiger partial charge < -0.3 is 0 Å². The normalized spacial score (nSPS) is 12.8. The summed E-state index contributed by atoms with van der Waals surface area (Å²) in [4.78, 5) is 0. The predicted molar refractivity (Wildman–Crippen MR) is 57.5 cm³/mol. The lowest BCUT2D eigenvalue weighted by molar-refractivity contribution is 0.905. The third kappa shape index (κ3) is 3.31. The quantitative estimate of drug-likeness (QED) is 0.680. The van der Waals surface area contributed by atoms with Crippen molar-refractivity contribution in [2.45, 2.75) is 31.3 Å². The summed E-state index contributed by atoms with van der Waals surface area (Å²) >= 11 is 2.03. The van der Waals surface area contributed by atoms with E-state index in [4.69, 9.17) is 0 Å². The minimum absolute atomic E-state index is 0.783. The van der Waals surface area contributed by atoms with Gasteiger partial charge in [0.05, 0.1) is 0 Å². The summed E-state index contributed by atoms with van der Waals surface area (Å²) in [5.74, 6) is 1.15. The molecule has 0 aliphatic heterocycles. The zero-order valence-electron chi connectivity index (χ0n) is 7.79. The van der Waals surface area contributed by atoms with Crippen LogP contribution in [0.2, 0.25) is 0 Å². The first-order chi connectivity index (χ1) is 5.83. The van der Waals surface area contributed by atoms with E-state index in [1.807, 2.05) is 11.8 Å². The van der Waals surface area contributed by atoms with Crippen LogP contribution in [0.15, 0.2) is 30.3 Å². The van der Waals surface area contributed by atoms with Crippen molar-refractivity contribution in [2.24, 2.45) is 0 Å². The molecule has 0 aliphatic carbocycles. The minimum Gasteiger partial charge on any atom is -0.154 e. The molecule has 0 nitrogen and oxygen atoms in total. The van der Waals surface area contributed by atoms with Crippen LogP contribution in [0.3, 0.4) is 0 Å². The summed E-state index contributed by atoms with van der Waals surface area (Å²) in [5.41, 5.74) is 1.43. The second-order valence-corrected chi connectivity index (χ2v) is 4.44. The first-order valence-electron chi connectivity index (χ1n) is 4.48. The van der Waals surface area contributed by atoms with Crippen molar-refractivity contribution in [3.8, 4) is 0 Å². The van der Waals surface area contributed by atoms with Crippen LogP contribution in [-0.2, 0) is 5.75 Å². The Morgan fingerprint density at radius 3 is 2.50 bits per heavy atom. The molecule has 0 aliphatic rings. The molecule has 0 unspecified atom stereocenters. The molecule has 1 aromatic carbocycles. The maximum atomic E-state index is 2.29. The Kier molecular flexibility index (Phi) is 4.23. The number of benzene rings is 1. The lowest BCUT2D eigenvalue weighted by Crippen LogP contribution is -1.93. The van der Waals surface area contributed by atoms with E-state index in [-0.39, 0.29) is 0 Å². The molecular weight excluding hydrogens is 164 g/mol. The van der Waals surface area contributed by atoms with E-state index in [9.17, 15) is 0 Å². The third-order valence-electron chi connectivity index (χ3n) is 1.95. The second-order valence-electron chi connectivity index (χ2n) is 3.02. The van der Waals surface area contributed by atoms with Gasteiger partial charge in [-0.3, -0.25) is 0 Å². The molecule has 0 saturated heterocycles. The van der Waals surface area contributed by atoms with Gasteiger partial charge >= 0.3 is 0 Å². The van der Waals surface area contributed by atoms with E-state index in [1.165, 1.54) is 12.0 Å². The molecule has 0 aromatic heterocycles. The Morgan fingerprint density at radius 2 is 1.92 bits per heavy atom. The van der Waals surface area contributed by atoms with Gasteiger partial charge in [-0.2, -0.15) is 11.8 Å². The fraction of sp³-hybridized carbons (Fsp3) is 0.455. The molecule has 0 amide bonds. The molecular formula is C11H16S. The second kappa shape index (κ2) is 5.26. The van der Waals surface area contributed by atoms with Crippen LogP contribution in [0.1, 0.15) is 25.8 Å². The zero-order chi connectivity index (χ0) is 8.81. The molecule has 0 saturated carbocycles. The van der Waals surface area contributed by atoms with Gasteiger partial charge in [-0.1, -0.05) is 44.2 Å². The summed E-state index contributed by atoms with van der Waals surface area (Å²) in [7, 11) is 0. The van der Waals surface area contributed by atoms with Gasteiger partial charge in [0.15, 0.2) is 0 Å². The van der Waals surface area contributed by atoms with E-state index in [0.717, 1.165) is 11.0 Å². The molecule has 0 fully saturated rings. The van der Waals surface area contributed by atoms with Crippen LogP contribution >= 0.6 is 11.8 Å². The Bertz CT molecular complexity index is 206. The van der Waals surface area contributed by atoms with Gasteiger partial charge in [0.25, 0.3) is 0 Å². The predicted octanol–water partition coefficient (Wildman–Crippen LogP) is 3.72. The summed E-state index contributed by atoms with van der Waals surface area (Å²) in [6.45, 7) is 4.52. The van der Waals surface area contributed by atoms with Crippen LogP contribution in [0, 0.1) is 0 Å². The highest BCUT2D eigenvalue weighted by Gasteiger charge is 1.98. The molecule has 66 valence electrons. The van der Waals surface area contributed by atoms with Crippen LogP contribution in [0.4, 0.5) is 0 Å². The van der Waals surface area contributed by atoms with Crippen molar-refractivity contribution < 1.29 is 0 Å². The lowest BCUT2D eigenvalue weighted by atomic mass is 10.2. The average molecular weight is 180 g/mol. The maximum absolute atomic E-state index is 2.29. The maximum Gasteiger partial charge on any atom is 0.0187 e. The van der Waals surface area contributed by atoms with E-state index in [1.54, 1.807) is 0 Å². The monoisotopic (exact) mass is 180 g/mol.